The number of carbonyl (C=O) groups excluding carboxylic acids is 2. The number of hydrogen-bond donors (Lipinski definition) is 1. The summed E-state index contributed by atoms with van der Waals surface area (Å²) in [5.74, 6) is -1.85. The molecule has 1 N–H and O–H groups in total. The molecule has 1 unspecified atom stereocenters. The molecule has 6 heteroatoms. The quantitative estimate of drug-likeness (QED) is 0.299. The van der Waals surface area contributed by atoms with Crippen LogP contribution in [0.5, 0.6) is 5.75 Å². The summed E-state index contributed by atoms with van der Waals surface area (Å²) in [5, 5.41) is 10.9. The van der Waals surface area contributed by atoms with E-state index in [9.17, 15) is 19.1 Å². The third-order valence-corrected chi connectivity index (χ3v) is 4.99. The Labute approximate surface area is 175 Å². The minimum Gasteiger partial charge on any atom is -0.507 e. The Kier molecular flexibility index (Phi) is 6.67. The van der Waals surface area contributed by atoms with Crippen molar-refractivity contribution in [3.8, 4) is 5.75 Å². The average Bonchev–Trinajstić information content (AvgIpc) is 3.01. The van der Waals surface area contributed by atoms with Gasteiger partial charge >= 0.3 is 0 Å². The molecular formula is C24H24FNO4. The van der Waals surface area contributed by atoms with Crippen molar-refractivity contribution in [1.29, 1.82) is 0 Å². The molecule has 1 amide bonds. The molecule has 1 atom stereocenters. The van der Waals surface area contributed by atoms with Crippen LogP contribution in [-0.2, 0) is 9.59 Å². The minimum absolute atomic E-state index is 0.110. The summed E-state index contributed by atoms with van der Waals surface area (Å²) < 4.78 is 20.0. The second-order valence-corrected chi connectivity index (χ2v) is 6.99. The lowest BCUT2D eigenvalue weighted by Crippen LogP contribution is -2.31. The van der Waals surface area contributed by atoms with Gasteiger partial charge in [-0.3, -0.25) is 9.59 Å². The molecule has 1 aliphatic heterocycles. The molecule has 0 radical (unpaired) electrons. The van der Waals surface area contributed by atoms with Crippen LogP contribution in [0.4, 0.5) is 4.39 Å². The molecule has 156 valence electrons. The van der Waals surface area contributed by atoms with Crippen LogP contribution < -0.4 is 4.74 Å². The van der Waals surface area contributed by atoms with Gasteiger partial charge in [-0.1, -0.05) is 44.2 Å². The SMILES string of the molecule is C=CCOc1ccc(/C(O)=C2\C(=O)C(=O)N(CCCC)C2c2ccccc2F)cc1. The van der Waals surface area contributed by atoms with Gasteiger partial charge in [-0.25, -0.2) is 4.39 Å². The van der Waals surface area contributed by atoms with Crippen molar-refractivity contribution in [3.63, 3.8) is 0 Å². The van der Waals surface area contributed by atoms with Crippen LogP contribution in [0, 0.1) is 5.82 Å². The molecule has 1 aliphatic rings. The molecule has 0 aromatic heterocycles. The van der Waals surface area contributed by atoms with Crippen LogP contribution in [0.1, 0.15) is 36.9 Å². The highest BCUT2D eigenvalue weighted by Gasteiger charge is 2.46. The Balaban J connectivity index is 2.08. The van der Waals surface area contributed by atoms with Crippen LogP contribution in [0.25, 0.3) is 5.76 Å². The summed E-state index contributed by atoms with van der Waals surface area (Å²) in [7, 11) is 0. The molecule has 30 heavy (non-hydrogen) atoms. The maximum absolute atomic E-state index is 14.6. The molecule has 0 saturated carbocycles. The lowest BCUT2D eigenvalue weighted by atomic mass is 9.95. The predicted octanol–water partition coefficient (Wildman–Crippen LogP) is 4.61. The first kappa shape index (κ1) is 21.3. The molecule has 1 heterocycles. The number of carbonyl (C=O) groups is 2. The van der Waals surface area contributed by atoms with Gasteiger partial charge < -0.3 is 14.7 Å². The maximum atomic E-state index is 14.6. The molecular weight excluding hydrogens is 385 g/mol. The fourth-order valence-electron chi connectivity index (χ4n) is 3.48. The molecule has 2 aromatic rings. The molecule has 5 nitrogen and oxygen atoms in total. The number of benzene rings is 2. The molecule has 3 rings (SSSR count). The standard InChI is InChI=1S/C24H24FNO4/c1-3-5-14-26-21(18-8-6-7-9-19(18)25)20(23(28)24(26)29)22(27)16-10-12-17(13-11-16)30-15-4-2/h4,6-13,21,27H,2-3,5,14-15H2,1H3/b22-20+. The highest BCUT2D eigenvalue weighted by atomic mass is 19.1. The lowest BCUT2D eigenvalue weighted by Gasteiger charge is -2.25. The summed E-state index contributed by atoms with van der Waals surface area (Å²) in [6.45, 7) is 6.18. The van der Waals surface area contributed by atoms with Crippen LogP contribution in [0.3, 0.4) is 0 Å². The first-order valence-corrected chi connectivity index (χ1v) is 9.86. The van der Waals surface area contributed by atoms with Crippen molar-refractivity contribution in [2.24, 2.45) is 0 Å². The predicted molar refractivity (Wildman–Crippen MR) is 112 cm³/mol. The Hall–Kier alpha value is -3.41. The summed E-state index contributed by atoms with van der Waals surface area (Å²) in [5.41, 5.74) is 0.414. The van der Waals surface area contributed by atoms with Crippen LogP contribution in [0.2, 0.25) is 0 Å². The van der Waals surface area contributed by atoms with Crippen LogP contribution in [-0.4, -0.2) is 34.8 Å². The molecule has 2 aromatic carbocycles. The number of halogens is 1. The van der Waals surface area contributed by atoms with E-state index in [4.69, 9.17) is 4.74 Å². The Morgan fingerprint density at radius 1 is 1.20 bits per heavy atom. The molecule has 0 spiro atoms. The topological polar surface area (TPSA) is 66.8 Å². The number of aliphatic hydroxyl groups excluding tert-OH is 1. The number of likely N-dealkylation sites (tertiary alicyclic amines) is 1. The third kappa shape index (κ3) is 4.13. The van der Waals surface area contributed by atoms with E-state index in [1.807, 2.05) is 6.92 Å². The highest BCUT2D eigenvalue weighted by molar-refractivity contribution is 6.46. The highest BCUT2D eigenvalue weighted by Crippen LogP contribution is 2.40. The van der Waals surface area contributed by atoms with E-state index in [0.717, 1.165) is 6.42 Å². The number of ketones is 1. The van der Waals surface area contributed by atoms with Crippen molar-refractivity contribution >= 4 is 17.4 Å². The summed E-state index contributed by atoms with van der Waals surface area (Å²) >= 11 is 0. The van der Waals surface area contributed by atoms with E-state index in [-0.39, 0.29) is 16.9 Å². The van der Waals surface area contributed by atoms with Gasteiger partial charge in [0.05, 0.1) is 11.6 Å². The number of hydrogen-bond acceptors (Lipinski definition) is 4. The number of aliphatic hydroxyl groups is 1. The molecule has 1 fully saturated rings. The van der Waals surface area contributed by atoms with Crippen molar-refractivity contribution < 1.29 is 23.8 Å². The number of nitrogens with zero attached hydrogens (tertiary/aromatic N) is 1. The van der Waals surface area contributed by atoms with E-state index >= 15 is 0 Å². The molecule has 0 bridgehead atoms. The lowest BCUT2D eigenvalue weighted by molar-refractivity contribution is -0.139. The van der Waals surface area contributed by atoms with E-state index < -0.39 is 23.5 Å². The van der Waals surface area contributed by atoms with E-state index in [0.29, 0.717) is 30.9 Å². The van der Waals surface area contributed by atoms with Crippen molar-refractivity contribution in [3.05, 3.63) is 83.7 Å². The monoisotopic (exact) mass is 409 g/mol. The smallest absolute Gasteiger partial charge is 0.295 e. The number of unbranched alkanes of at least 4 members (excludes halogenated alkanes) is 1. The largest absolute Gasteiger partial charge is 0.507 e. The normalized spacial score (nSPS) is 17.9. The average molecular weight is 409 g/mol. The first-order valence-electron chi connectivity index (χ1n) is 9.86. The summed E-state index contributed by atoms with van der Waals surface area (Å²) in [6.07, 6.45) is 3.08. The van der Waals surface area contributed by atoms with E-state index in [1.54, 1.807) is 42.5 Å². The Morgan fingerprint density at radius 3 is 2.53 bits per heavy atom. The van der Waals surface area contributed by atoms with Crippen LogP contribution >= 0.6 is 0 Å². The van der Waals surface area contributed by atoms with E-state index in [1.165, 1.54) is 17.0 Å². The van der Waals surface area contributed by atoms with Gasteiger partial charge in [0.25, 0.3) is 11.7 Å². The Bertz CT molecular complexity index is 981. The van der Waals surface area contributed by atoms with Crippen molar-refractivity contribution in [2.45, 2.75) is 25.8 Å². The van der Waals surface area contributed by atoms with Gasteiger partial charge in [0.15, 0.2) is 0 Å². The van der Waals surface area contributed by atoms with Crippen molar-refractivity contribution in [2.75, 3.05) is 13.2 Å². The van der Waals surface area contributed by atoms with Gasteiger partial charge in [0, 0.05) is 17.7 Å². The number of Topliss-reactive ketones (excluding diaryl/α,β-unsaturated/α-hetero) is 1. The number of amides is 1. The number of ether oxygens (including phenoxy) is 1. The van der Waals surface area contributed by atoms with Gasteiger partial charge in [-0.05, 0) is 36.8 Å². The fraction of sp³-hybridized carbons (Fsp3) is 0.250. The molecule has 0 aliphatic carbocycles. The van der Waals surface area contributed by atoms with Gasteiger partial charge in [0.1, 0.15) is 23.9 Å². The zero-order valence-corrected chi connectivity index (χ0v) is 16.8. The first-order chi connectivity index (χ1) is 14.5. The second kappa shape index (κ2) is 9.39. The minimum atomic E-state index is -0.977. The summed E-state index contributed by atoms with van der Waals surface area (Å²) in [4.78, 5) is 26.9. The zero-order valence-electron chi connectivity index (χ0n) is 16.8. The zero-order chi connectivity index (χ0) is 21.7. The maximum Gasteiger partial charge on any atom is 0.295 e. The summed E-state index contributed by atoms with van der Waals surface area (Å²) in [6, 6.07) is 11.5. The Morgan fingerprint density at radius 2 is 1.90 bits per heavy atom. The van der Waals surface area contributed by atoms with Crippen LogP contribution in [0.15, 0.2) is 66.8 Å². The number of rotatable bonds is 8. The third-order valence-electron chi connectivity index (χ3n) is 4.99. The van der Waals surface area contributed by atoms with Gasteiger partial charge in [0.2, 0.25) is 0 Å². The fourth-order valence-corrected chi connectivity index (χ4v) is 3.48. The van der Waals surface area contributed by atoms with Crippen molar-refractivity contribution in [1.82, 2.24) is 4.90 Å². The van der Waals surface area contributed by atoms with Gasteiger partial charge in [-0.15, -0.1) is 0 Å². The second-order valence-electron chi connectivity index (χ2n) is 6.99. The van der Waals surface area contributed by atoms with Gasteiger partial charge in [-0.2, -0.15) is 0 Å². The molecule has 1 saturated heterocycles. The van der Waals surface area contributed by atoms with E-state index in [2.05, 4.69) is 6.58 Å².